The van der Waals surface area contributed by atoms with Crippen LogP contribution in [0.5, 0.6) is 0 Å². The predicted molar refractivity (Wildman–Crippen MR) is 41.5 cm³/mol. The van der Waals surface area contributed by atoms with E-state index in [-0.39, 0.29) is 24.4 Å². The second-order valence-corrected chi connectivity index (χ2v) is 1.22. The van der Waals surface area contributed by atoms with Crippen LogP contribution in [0.2, 0.25) is 0 Å². The van der Waals surface area contributed by atoms with Crippen molar-refractivity contribution in [3.8, 4) is 0 Å². The molecule has 0 amide bonds. The molecule has 0 aliphatic rings. The van der Waals surface area contributed by atoms with E-state index in [0.29, 0.717) is 0 Å². The number of carboxylic acids is 1. The first-order valence-electron chi connectivity index (χ1n) is 2.29. The summed E-state index contributed by atoms with van der Waals surface area (Å²) in [6.45, 7) is 1.83. The summed E-state index contributed by atoms with van der Waals surface area (Å²) in [4.78, 5) is 9.75. The fourth-order valence-electron chi connectivity index (χ4n) is 0.249. The van der Waals surface area contributed by atoms with Gasteiger partial charge >= 0.3 is 30.4 Å². The zero-order valence-corrected chi connectivity index (χ0v) is 9.41. The number of carboxylic acid groups (broad SMARTS) is 1. The van der Waals surface area contributed by atoms with Crippen molar-refractivity contribution in [3.63, 3.8) is 0 Å². The molecule has 0 heterocycles. The average Bonchev–Trinajstić information content (AvgIpc) is 1.66. The molecule has 1 N–H and O–H groups in total. The zero-order chi connectivity index (χ0) is 6.41. The van der Waals surface area contributed by atoms with Crippen LogP contribution < -0.4 is 0 Å². The van der Waals surface area contributed by atoms with E-state index in [2.05, 4.69) is 0 Å². The van der Waals surface area contributed by atoms with Crippen molar-refractivity contribution in [2.24, 2.45) is 0 Å². The van der Waals surface area contributed by atoms with E-state index in [1.807, 2.05) is 6.92 Å². The molecule has 0 fully saturated rings. The minimum absolute atomic E-state index is 0. The summed E-state index contributed by atoms with van der Waals surface area (Å²) in [6, 6.07) is 0. The first-order chi connectivity index (χ1) is 3.77. The van der Waals surface area contributed by atoms with Crippen molar-refractivity contribution < 1.29 is 9.90 Å². The van der Waals surface area contributed by atoms with E-state index >= 15 is 0 Å². The molecular formula is C6H11O2Sb. The van der Waals surface area contributed by atoms with Crippen LogP contribution in [-0.2, 0) is 4.79 Å². The molecule has 2 nitrogen and oxygen atoms in total. The Morgan fingerprint density at radius 1 is 1.44 bits per heavy atom. The Kier molecular flexibility index (Phi) is 9.97. The van der Waals surface area contributed by atoms with Crippen molar-refractivity contribution in [3.05, 3.63) is 24.3 Å². The topological polar surface area (TPSA) is 37.3 Å². The fourth-order valence-corrected chi connectivity index (χ4v) is 0.249. The van der Waals surface area contributed by atoms with Crippen LogP contribution in [0.15, 0.2) is 24.3 Å². The summed E-state index contributed by atoms with van der Waals surface area (Å²) >= 11 is 0. The van der Waals surface area contributed by atoms with Gasteiger partial charge in [0.05, 0.1) is 0 Å². The van der Waals surface area contributed by atoms with Gasteiger partial charge in [-0.3, -0.25) is 0 Å². The summed E-state index contributed by atoms with van der Waals surface area (Å²) in [6.07, 6.45) is 5.98. The molecule has 0 rings (SSSR count). The number of hydrogen-bond acceptors (Lipinski definition) is 1. The van der Waals surface area contributed by atoms with Gasteiger partial charge in [0.15, 0.2) is 0 Å². The van der Waals surface area contributed by atoms with Crippen molar-refractivity contribution in [2.45, 2.75) is 6.92 Å². The van der Waals surface area contributed by atoms with Gasteiger partial charge in [-0.25, -0.2) is 4.79 Å². The van der Waals surface area contributed by atoms with Crippen molar-refractivity contribution >= 4 is 30.4 Å². The summed E-state index contributed by atoms with van der Waals surface area (Å²) in [5.74, 6) is -0.914. The van der Waals surface area contributed by atoms with Crippen LogP contribution in [0, 0.1) is 0 Å². The fraction of sp³-hybridized carbons (Fsp3) is 0.167. The summed E-state index contributed by atoms with van der Waals surface area (Å²) in [7, 11) is 0. The van der Waals surface area contributed by atoms with Crippen molar-refractivity contribution in [1.29, 1.82) is 0 Å². The van der Waals surface area contributed by atoms with Gasteiger partial charge in [0, 0.05) is 6.08 Å². The van der Waals surface area contributed by atoms with Crippen LogP contribution in [0.1, 0.15) is 6.92 Å². The molecule has 0 saturated carbocycles. The van der Waals surface area contributed by atoms with Crippen LogP contribution in [0.25, 0.3) is 0 Å². The summed E-state index contributed by atoms with van der Waals surface area (Å²) in [5, 5.41) is 8.02. The number of rotatable bonds is 2. The molecule has 52 valence electrons. The number of aliphatic carboxylic acids is 1. The number of allylic oxidation sites excluding steroid dienone is 3. The first-order valence-corrected chi connectivity index (χ1v) is 2.29. The minimum atomic E-state index is -0.914. The molecule has 0 aromatic rings. The van der Waals surface area contributed by atoms with Gasteiger partial charge < -0.3 is 5.11 Å². The molecule has 0 spiro atoms. The third-order valence-corrected chi connectivity index (χ3v) is 0.542. The first kappa shape index (κ1) is 11.6. The van der Waals surface area contributed by atoms with E-state index in [4.69, 9.17) is 5.11 Å². The van der Waals surface area contributed by atoms with E-state index in [0.717, 1.165) is 6.08 Å². The third kappa shape index (κ3) is 11.4. The Morgan fingerprint density at radius 3 is 2.33 bits per heavy atom. The Balaban J connectivity index is 0. The summed E-state index contributed by atoms with van der Waals surface area (Å²) < 4.78 is 0. The maximum atomic E-state index is 9.75. The van der Waals surface area contributed by atoms with Gasteiger partial charge in [0.1, 0.15) is 0 Å². The molecule has 0 aliphatic carbocycles. The monoisotopic (exact) mass is 236 g/mol. The second kappa shape index (κ2) is 7.77. The van der Waals surface area contributed by atoms with Crippen molar-refractivity contribution in [1.82, 2.24) is 0 Å². The third-order valence-electron chi connectivity index (χ3n) is 0.542. The quantitative estimate of drug-likeness (QED) is 0.417. The average molecular weight is 237 g/mol. The molecule has 0 atom stereocenters. The molecule has 0 radical (unpaired) electrons. The van der Waals surface area contributed by atoms with E-state index in [1.54, 1.807) is 12.2 Å². The Morgan fingerprint density at radius 2 is 2.00 bits per heavy atom. The molecule has 0 aromatic carbocycles. The number of hydrogen-bond donors (Lipinski definition) is 1. The van der Waals surface area contributed by atoms with E-state index in [9.17, 15) is 4.79 Å². The normalized spacial score (nSPS) is 9.89. The van der Waals surface area contributed by atoms with Crippen LogP contribution in [-0.4, -0.2) is 35.5 Å². The molecule has 3 heteroatoms. The van der Waals surface area contributed by atoms with Gasteiger partial charge in [0.2, 0.25) is 0 Å². The Bertz CT molecular complexity index is 127. The van der Waals surface area contributed by atoms with Gasteiger partial charge in [-0.15, -0.1) is 0 Å². The summed E-state index contributed by atoms with van der Waals surface area (Å²) in [5.41, 5.74) is 0. The second-order valence-electron chi connectivity index (χ2n) is 1.22. The molecule has 9 heavy (non-hydrogen) atoms. The number of carbonyl (C=O) groups is 1. The molecule has 0 saturated heterocycles. The molecule has 0 aliphatic heterocycles. The van der Waals surface area contributed by atoms with E-state index in [1.165, 1.54) is 6.08 Å². The molecule has 0 unspecified atom stereocenters. The Labute approximate surface area is 71.7 Å². The molecule has 0 bridgehead atoms. The van der Waals surface area contributed by atoms with Gasteiger partial charge in [0.25, 0.3) is 0 Å². The van der Waals surface area contributed by atoms with Crippen LogP contribution in [0.3, 0.4) is 0 Å². The van der Waals surface area contributed by atoms with Crippen LogP contribution in [0.4, 0.5) is 0 Å². The van der Waals surface area contributed by atoms with Gasteiger partial charge in [-0.2, -0.15) is 0 Å². The van der Waals surface area contributed by atoms with Gasteiger partial charge in [-0.1, -0.05) is 18.2 Å². The maximum absolute atomic E-state index is 9.75. The molecular weight excluding hydrogens is 226 g/mol. The van der Waals surface area contributed by atoms with Gasteiger partial charge in [-0.05, 0) is 6.92 Å². The van der Waals surface area contributed by atoms with E-state index < -0.39 is 5.97 Å². The predicted octanol–water partition coefficient (Wildman–Crippen LogP) is 0.0194. The Hall–Kier alpha value is -0.232. The standard InChI is InChI=1S/C6H8O2.Sb.3H/c1-2-3-4-5-6(7)8;;;;/h2-5H,1H3,(H,7,8);;;;/b3-2+,5-4+;;;;. The molecule has 0 aromatic heterocycles. The van der Waals surface area contributed by atoms with Crippen molar-refractivity contribution in [2.75, 3.05) is 0 Å². The zero-order valence-electron chi connectivity index (χ0n) is 5.37. The SMILES string of the molecule is C/C=C/C=C/C(=O)O.[SbH3]. The van der Waals surface area contributed by atoms with Crippen LogP contribution >= 0.6 is 0 Å².